The molecule has 0 saturated heterocycles. The Morgan fingerprint density at radius 2 is 1.91 bits per heavy atom. The Labute approximate surface area is 201 Å². The smallest absolute Gasteiger partial charge is 0.380 e. The number of nitrogens with one attached hydrogen (secondary N) is 1. The monoisotopic (exact) mass is 469 g/mol. The SMILES string of the molecule is COc1cccc(C(=O)N/N=C2\CCCc3oc(C(=O)Oc4cccc5cccnc45)c(C)c32)c1. The van der Waals surface area contributed by atoms with Crippen LogP contribution in [0.3, 0.4) is 0 Å². The third kappa shape index (κ3) is 4.38. The molecule has 0 saturated carbocycles. The van der Waals surface area contributed by atoms with Gasteiger partial charge in [0.05, 0.1) is 12.8 Å². The summed E-state index contributed by atoms with van der Waals surface area (Å²) in [5.74, 6) is 0.771. The molecule has 4 aromatic rings. The van der Waals surface area contributed by atoms with E-state index in [2.05, 4.69) is 15.5 Å². The van der Waals surface area contributed by atoms with Gasteiger partial charge >= 0.3 is 5.97 Å². The molecule has 0 unspecified atom stereocenters. The number of methoxy groups -OCH3 is 1. The van der Waals surface area contributed by atoms with Crippen LogP contribution in [0.25, 0.3) is 10.9 Å². The molecule has 8 nitrogen and oxygen atoms in total. The van der Waals surface area contributed by atoms with Crippen LogP contribution in [0.2, 0.25) is 0 Å². The molecule has 0 spiro atoms. The minimum absolute atomic E-state index is 0.122. The van der Waals surface area contributed by atoms with E-state index in [0.717, 1.165) is 17.4 Å². The zero-order chi connectivity index (χ0) is 24.4. The van der Waals surface area contributed by atoms with Gasteiger partial charge in [-0.2, -0.15) is 5.10 Å². The third-order valence-corrected chi connectivity index (χ3v) is 5.93. The fourth-order valence-electron chi connectivity index (χ4n) is 4.23. The van der Waals surface area contributed by atoms with Crippen LogP contribution < -0.4 is 14.9 Å². The highest BCUT2D eigenvalue weighted by molar-refractivity contribution is 6.07. The average molecular weight is 469 g/mol. The van der Waals surface area contributed by atoms with Crippen LogP contribution in [0.5, 0.6) is 11.5 Å². The van der Waals surface area contributed by atoms with Gasteiger partial charge in [0.15, 0.2) is 5.75 Å². The van der Waals surface area contributed by atoms with E-state index in [1.54, 1.807) is 50.6 Å². The lowest BCUT2D eigenvalue weighted by atomic mass is 9.93. The molecule has 8 heteroatoms. The van der Waals surface area contributed by atoms with Crippen molar-refractivity contribution in [3.8, 4) is 11.5 Å². The average Bonchev–Trinajstić information content (AvgIpc) is 3.24. The van der Waals surface area contributed by atoms with E-state index < -0.39 is 5.97 Å². The number of carbonyl (C=O) groups excluding carboxylic acids is 2. The molecule has 0 fully saturated rings. The Hall–Kier alpha value is -4.46. The second-order valence-corrected chi connectivity index (χ2v) is 8.16. The number of esters is 1. The Balaban J connectivity index is 1.40. The summed E-state index contributed by atoms with van der Waals surface area (Å²) in [6.45, 7) is 1.80. The summed E-state index contributed by atoms with van der Waals surface area (Å²) in [5, 5.41) is 5.24. The van der Waals surface area contributed by atoms with Crippen molar-refractivity contribution in [3.63, 3.8) is 0 Å². The zero-order valence-electron chi connectivity index (χ0n) is 19.3. The van der Waals surface area contributed by atoms with Crippen molar-refractivity contribution in [1.82, 2.24) is 10.4 Å². The quantitative estimate of drug-likeness (QED) is 0.255. The molecule has 0 atom stereocenters. The number of benzene rings is 2. The summed E-state index contributed by atoms with van der Waals surface area (Å²) in [4.78, 5) is 30.0. The number of para-hydroxylation sites is 1. The van der Waals surface area contributed by atoms with Crippen molar-refractivity contribution in [1.29, 1.82) is 0 Å². The second-order valence-electron chi connectivity index (χ2n) is 8.16. The molecule has 0 aliphatic heterocycles. The maximum atomic E-state index is 13.0. The van der Waals surface area contributed by atoms with E-state index in [4.69, 9.17) is 13.9 Å². The van der Waals surface area contributed by atoms with Gasteiger partial charge in [0, 0.05) is 34.7 Å². The van der Waals surface area contributed by atoms with Gasteiger partial charge in [0.2, 0.25) is 5.76 Å². The van der Waals surface area contributed by atoms with Crippen molar-refractivity contribution in [3.05, 3.63) is 89.0 Å². The van der Waals surface area contributed by atoms with Crippen LogP contribution in [-0.2, 0) is 6.42 Å². The summed E-state index contributed by atoms with van der Waals surface area (Å²) in [7, 11) is 1.54. The lowest BCUT2D eigenvalue weighted by molar-refractivity contribution is 0.0700. The molecule has 2 aromatic heterocycles. The minimum Gasteiger partial charge on any atom is -0.497 e. The summed E-state index contributed by atoms with van der Waals surface area (Å²) >= 11 is 0. The molecule has 2 heterocycles. The first-order chi connectivity index (χ1) is 17.0. The van der Waals surface area contributed by atoms with Crippen LogP contribution in [0.15, 0.2) is 70.3 Å². The van der Waals surface area contributed by atoms with E-state index in [-0.39, 0.29) is 11.7 Å². The largest absolute Gasteiger partial charge is 0.497 e. The Morgan fingerprint density at radius 3 is 2.77 bits per heavy atom. The number of furan rings is 1. The van der Waals surface area contributed by atoms with Gasteiger partial charge in [-0.15, -0.1) is 0 Å². The number of fused-ring (bicyclic) bond motifs is 2. The molecule has 1 N–H and O–H groups in total. The van der Waals surface area contributed by atoms with Gasteiger partial charge < -0.3 is 13.9 Å². The van der Waals surface area contributed by atoms with E-state index in [0.29, 0.717) is 52.5 Å². The third-order valence-electron chi connectivity index (χ3n) is 5.93. The van der Waals surface area contributed by atoms with Crippen molar-refractivity contribution < 1.29 is 23.5 Å². The number of amides is 1. The maximum absolute atomic E-state index is 13.0. The van der Waals surface area contributed by atoms with E-state index in [1.165, 1.54) is 0 Å². The fourth-order valence-corrected chi connectivity index (χ4v) is 4.23. The molecular weight excluding hydrogens is 446 g/mol. The number of rotatable bonds is 5. The second kappa shape index (κ2) is 9.42. The molecule has 1 aliphatic carbocycles. The summed E-state index contributed by atoms with van der Waals surface area (Å²) in [6, 6.07) is 16.0. The van der Waals surface area contributed by atoms with Crippen molar-refractivity contribution in [2.75, 3.05) is 7.11 Å². The van der Waals surface area contributed by atoms with Gasteiger partial charge in [-0.1, -0.05) is 24.3 Å². The van der Waals surface area contributed by atoms with E-state index in [9.17, 15) is 9.59 Å². The summed E-state index contributed by atoms with van der Waals surface area (Å²) in [5.41, 5.74) is 5.68. The molecule has 35 heavy (non-hydrogen) atoms. The molecular formula is C27H23N3O5. The van der Waals surface area contributed by atoms with Crippen molar-refractivity contribution in [2.24, 2.45) is 5.10 Å². The highest BCUT2D eigenvalue weighted by atomic mass is 16.5. The fraction of sp³-hybridized carbons (Fsp3) is 0.185. The topological polar surface area (TPSA) is 103 Å². The predicted molar refractivity (Wildman–Crippen MR) is 130 cm³/mol. The van der Waals surface area contributed by atoms with Gasteiger partial charge in [-0.3, -0.25) is 9.78 Å². The van der Waals surface area contributed by atoms with Crippen LogP contribution in [0.1, 0.15) is 50.6 Å². The number of ether oxygens (including phenoxy) is 2. The number of hydrogen-bond acceptors (Lipinski definition) is 7. The van der Waals surface area contributed by atoms with Crippen LogP contribution in [-0.4, -0.2) is 29.7 Å². The van der Waals surface area contributed by atoms with Crippen LogP contribution >= 0.6 is 0 Å². The Kier molecular flexibility index (Phi) is 6.01. The molecule has 0 bridgehead atoms. The highest BCUT2D eigenvalue weighted by Crippen LogP contribution is 2.31. The number of pyridine rings is 1. The Bertz CT molecular complexity index is 1470. The number of aromatic nitrogens is 1. The zero-order valence-corrected chi connectivity index (χ0v) is 19.3. The number of nitrogens with zero attached hydrogens (tertiary/aromatic N) is 2. The van der Waals surface area contributed by atoms with Gasteiger partial charge in [0.1, 0.15) is 17.0 Å². The first kappa shape index (κ1) is 22.3. The summed E-state index contributed by atoms with van der Waals surface area (Å²) in [6.07, 6.45) is 3.75. The summed E-state index contributed by atoms with van der Waals surface area (Å²) < 4.78 is 16.8. The molecule has 176 valence electrons. The molecule has 5 rings (SSSR count). The number of hydrogen-bond donors (Lipinski definition) is 1. The molecule has 2 aromatic carbocycles. The molecule has 0 radical (unpaired) electrons. The Morgan fingerprint density at radius 1 is 1.09 bits per heavy atom. The molecule has 1 amide bonds. The first-order valence-electron chi connectivity index (χ1n) is 11.2. The lowest BCUT2D eigenvalue weighted by Gasteiger charge is -2.13. The standard InChI is InChI=1S/C27H23N3O5/c1-16-23-20(29-30-26(31)18-8-3-10-19(15-18)33-2)11-5-12-21(23)34-25(16)27(32)35-22-13-4-7-17-9-6-14-28-24(17)22/h3-4,6-10,13-15H,5,11-12H2,1-2H3,(H,30,31)/b29-20+. The van der Waals surface area contributed by atoms with Crippen LogP contribution in [0, 0.1) is 6.92 Å². The minimum atomic E-state index is -0.602. The van der Waals surface area contributed by atoms with E-state index in [1.807, 2.05) is 24.3 Å². The van der Waals surface area contributed by atoms with Crippen molar-refractivity contribution >= 4 is 28.5 Å². The van der Waals surface area contributed by atoms with E-state index >= 15 is 0 Å². The van der Waals surface area contributed by atoms with Gasteiger partial charge in [-0.05, 0) is 50.1 Å². The number of hydrazone groups is 1. The normalized spacial score (nSPS) is 13.9. The van der Waals surface area contributed by atoms with Crippen molar-refractivity contribution in [2.45, 2.75) is 26.2 Å². The number of aryl methyl sites for hydroxylation is 1. The highest BCUT2D eigenvalue weighted by Gasteiger charge is 2.29. The van der Waals surface area contributed by atoms with Gasteiger partial charge in [-0.25, -0.2) is 10.2 Å². The predicted octanol–water partition coefficient (Wildman–Crippen LogP) is 4.83. The first-order valence-corrected chi connectivity index (χ1v) is 11.2. The van der Waals surface area contributed by atoms with Gasteiger partial charge in [0.25, 0.3) is 5.91 Å². The number of carbonyl (C=O) groups is 2. The lowest BCUT2D eigenvalue weighted by Crippen LogP contribution is -2.22. The van der Waals surface area contributed by atoms with Crippen LogP contribution in [0.4, 0.5) is 0 Å². The molecule has 1 aliphatic rings. The maximum Gasteiger partial charge on any atom is 0.380 e.